The highest BCUT2D eigenvalue weighted by Gasteiger charge is 2.14. The van der Waals surface area contributed by atoms with Crippen LogP contribution in [0, 0.1) is 0 Å². The first kappa shape index (κ1) is 19.9. The highest BCUT2D eigenvalue weighted by atomic mass is 16.5. The largest absolute Gasteiger partial charge is 0.456 e. The van der Waals surface area contributed by atoms with Gasteiger partial charge in [-0.05, 0) is 55.0 Å². The molecule has 0 aromatic heterocycles. The molecule has 5 heteroatoms. The Balaban J connectivity index is 1.41. The van der Waals surface area contributed by atoms with Gasteiger partial charge in [-0.2, -0.15) is 0 Å². The normalized spacial score (nSPS) is 15.0. The average molecular weight is 380 g/mol. The Hall–Kier alpha value is -2.82. The van der Waals surface area contributed by atoms with Gasteiger partial charge in [0.1, 0.15) is 0 Å². The topological polar surface area (TPSA) is 58.6 Å². The molecule has 2 aromatic carbocycles. The number of nitrogens with zero attached hydrogens (tertiary/aromatic N) is 1. The van der Waals surface area contributed by atoms with Crippen molar-refractivity contribution in [2.24, 2.45) is 0 Å². The number of anilines is 2. The van der Waals surface area contributed by atoms with Crippen molar-refractivity contribution >= 4 is 23.3 Å². The zero-order chi connectivity index (χ0) is 19.8. The van der Waals surface area contributed by atoms with Crippen LogP contribution < -0.4 is 10.2 Å². The predicted molar refractivity (Wildman–Crippen MR) is 112 cm³/mol. The van der Waals surface area contributed by atoms with Crippen LogP contribution in [0.5, 0.6) is 0 Å². The maximum absolute atomic E-state index is 12.1. The van der Waals surface area contributed by atoms with Crippen molar-refractivity contribution in [3.63, 3.8) is 0 Å². The van der Waals surface area contributed by atoms with E-state index in [1.54, 1.807) is 0 Å². The highest BCUT2D eigenvalue weighted by Crippen LogP contribution is 2.22. The molecule has 0 aliphatic carbocycles. The van der Waals surface area contributed by atoms with Gasteiger partial charge in [-0.3, -0.25) is 9.59 Å². The van der Waals surface area contributed by atoms with Crippen LogP contribution in [0.15, 0.2) is 54.6 Å². The van der Waals surface area contributed by atoms with Gasteiger partial charge in [-0.25, -0.2) is 0 Å². The van der Waals surface area contributed by atoms with Crippen molar-refractivity contribution < 1.29 is 14.3 Å². The second-order valence-electron chi connectivity index (χ2n) is 7.32. The molecule has 1 unspecified atom stereocenters. The van der Waals surface area contributed by atoms with Crippen LogP contribution in [0.4, 0.5) is 11.4 Å². The standard InChI is InChI=1S/C23H28N2O3/c1-18(19-8-4-2-5-9-19)16-23(27)28-17-22(26)24-20-10-12-21(13-11-20)25-14-6-3-7-15-25/h2,4-5,8-13,18H,3,6-7,14-17H2,1H3,(H,24,26). The lowest BCUT2D eigenvalue weighted by molar-refractivity contribution is -0.147. The first-order valence-corrected chi connectivity index (χ1v) is 9.97. The number of benzene rings is 2. The van der Waals surface area contributed by atoms with E-state index in [1.807, 2.05) is 61.5 Å². The fourth-order valence-corrected chi connectivity index (χ4v) is 3.46. The van der Waals surface area contributed by atoms with Gasteiger partial charge in [0.2, 0.25) is 0 Å². The molecule has 0 spiro atoms. The molecule has 3 rings (SSSR count). The van der Waals surface area contributed by atoms with Crippen LogP contribution in [0.1, 0.15) is 44.1 Å². The summed E-state index contributed by atoms with van der Waals surface area (Å²) in [6, 6.07) is 17.6. The molecule has 1 heterocycles. The van der Waals surface area contributed by atoms with Gasteiger partial charge in [0.15, 0.2) is 6.61 Å². The molecule has 1 fully saturated rings. The first-order valence-electron chi connectivity index (χ1n) is 9.97. The molecular formula is C23H28N2O3. The van der Waals surface area contributed by atoms with E-state index in [4.69, 9.17) is 4.74 Å². The Morgan fingerprint density at radius 3 is 2.36 bits per heavy atom. The molecule has 1 aliphatic heterocycles. The van der Waals surface area contributed by atoms with Gasteiger partial charge in [0.25, 0.3) is 5.91 Å². The molecule has 0 bridgehead atoms. The minimum absolute atomic E-state index is 0.0547. The lowest BCUT2D eigenvalue weighted by Gasteiger charge is -2.28. The van der Waals surface area contributed by atoms with E-state index >= 15 is 0 Å². The fourth-order valence-electron chi connectivity index (χ4n) is 3.46. The van der Waals surface area contributed by atoms with Crippen molar-refractivity contribution in [2.45, 2.75) is 38.5 Å². The van der Waals surface area contributed by atoms with E-state index in [0.717, 1.165) is 18.7 Å². The van der Waals surface area contributed by atoms with E-state index < -0.39 is 0 Å². The van der Waals surface area contributed by atoms with Crippen molar-refractivity contribution in [2.75, 3.05) is 29.9 Å². The summed E-state index contributed by atoms with van der Waals surface area (Å²) in [6.07, 6.45) is 4.01. The van der Waals surface area contributed by atoms with E-state index in [1.165, 1.54) is 24.9 Å². The van der Waals surface area contributed by atoms with Crippen LogP contribution in [-0.4, -0.2) is 31.6 Å². The number of piperidine rings is 1. The van der Waals surface area contributed by atoms with Gasteiger partial charge in [-0.1, -0.05) is 37.3 Å². The third-order valence-electron chi connectivity index (χ3n) is 5.08. The van der Waals surface area contributed by atoms with E-state index in [0.29, 0.717) is 5.69 Å². The average Bonchev–Trinajstić information content (AvgIpc) is 2.74. The van der Waals surface area contributed by atoms with Gasteiger partial charge in [0, 0.05) is 24.5 Å². The summed E-state index contributed by atoms with van der Waals surface area (Å²) < 4.78 is 5.13. The van der Waals surface area contributed by atoms with Crippen LogP contribution in [0.2, 0.25) is 0 Å². The maximum atomic E-state index is 12.1. The van der Waals surface area contributed by atoms with Crippen molar-refractivity contribution in [1.29, 1.82) is 0 Å². The molecule has 0 saturated carbocycles. The van der Waals surface area contributed by atoms with Gasteiger partial charge < -0.3 is 15.0 Å². The predicted octanol–water partition coefficient (Wildman–Crippen LogP) is 4.35. The van der Waals surface area contributed by atoms with Gasteiger partial charge >= 0.3 is 5.97 Å². The molecule has 5 nitrogen and oxygen atoms in total. The number of amides is 1. The van der Waals surface area contributed by atoms with Crippen LogP contribution in [0.3, 0.4) is 0 Å². The quantitative estimate of drug-likeness (QED) is 0.726. The molecule has 1 saturated heterocycles. The second-order valence-corrected chi connectivity index (χ2v) is 7.32. The van der Waals surface area contributed by atoms with Crippen LogP contribution >= 0.6 is 0 Å². The number of hydrogen-bond donors (Lipinski definition) is 1. The summed E-state index contributed by atoms with van der Waals surface area (Å²) >= 11 is 0. The maximum Gasteiger partial charge on any atom is 0.306 e. The van der Waals surface area contributed by atoms with E-state index in [9.17, 15) is 9.59 Å². The van der Waals surface area contributed by atoms with Crippen LogP contribution in [-0.2, 0) is 14.3 Å². The molecule has 1 amide bonds. The Morgan fingerprint density at radius 1 is 1.00 bits per heavy atom. The Morgan fingerprint density at radius 2 is 1.68 bits per heavy atom. The summed E-state index contributed by atoms with van der Waals surface area (Å²) in [5.41, 5.74) is 2.97. The number of hydrogen-bond acceptors (Lipinski definition) is 4. The summed E-state index contributed by atoms with van der Waals surface area (Å²) in [7, 11) is 0. The van der Waals surface area contributed by atoms with Gasteiger partial charge in [-0.15, -0.1) is 0 Å². The summed E-state index contributed by atoms with van der Waals surface area (Å²) in [6.45, 7) is 3.88. The van der Waals surface area contributed by atoms with E-state index in [2.05, 4.69) is 10.2 Å². The minimum atomic E-state index is -0.369. The number of carbonyl (C=O) groups excluding carboxylic acids is 2. The van der Waals surface area contributed by atoms with E-state index in [-0.39, 0.29) is 30.8 Å². The van der Waals surface area contributed by atoms with Crippen LogP contribution in [0.25, 0.3) is 0 Å². The lowest BCUT2D eigenvalue weighted by atomic mass is 9.98. The third kappa shape index (κ3) is 5.84. The number of rotatable bonds is 7. The number of carbonyl (C=O) groups is 2. The van der Waals surface area contributed by atoms with Crippen molar-refractivity contribution in [3.05, 3.63) is 60.2 Å². The third-order valence-corrected chi connectivity index (χ3v) is 5.08. The first-order chi connectivity index (χ1) is 13.6. The molecule has 148 valence electrons. The Labute approximate surface area is 166 Å². The molecule has 28 heavy (non-hydrogen) atoms. The SMILES string of the molecule is CC(CC(=O)OCC(=O)Nc1ccc(N2CCCCC2)cc1)c1ccccc1. The smallest absolute Gasteiger partial charge is 0.306 e. The minimum Gasteiger partial charge on any atom is -0.456 e. The molecule has 1 aliphatic rings. The highest BCUT2D eigenvalue weighted by molar-refractivity contribution is 5.93. The van der Waals surface area contributed by atoms with Crippen molar-refractivity contribution in [3.8, 4) is 0 Å². The number of esters is 1. The molecule has 2 aromatic rings. The number of nitrogens with one attached hydrogen (secondary N) is 1. The monoisotopic (exact) mass is 380 g/mol. The molecular weight excluding hydrogens is 352 g/mol. The molecule has 1 N–H and O–H groups in total. The van der Waals surface area contributed by atoms with Gasteiger partial charge in [0.05, 0.1) is 6.42 Å². The summed E-state index contributed by atoms with van der Waals surface area (Å²) in [4.78, 5) is 26.4. The molecule has 0 radical (unpaired) electrons. The number of ether oxygens (including phenoxy) is 1. The Bertz CT molecular complexity index is 768. The zero-order valence-corrected chi connectivity index (χ0v) is 16.4. The molecule has 1 atom stereocenters. The summed E-state index contributed by atoms with van der Waals surface area (Å²) in [5.74, 6) is -0.641. The zero-order valence-electron chi connectivity index (χ0n) is 16.4. The second kappa shape index (κ2) is 9.93. The Kier molecular flexibility index (Phi) is 7.06. The fraction of sp³-hybridized carbons (Fsp3) is 0.391. The summed E-state index contributed by atoms with van der Waals surface area (Å²) in [5, 5.41) is 2.78. The lowest BCUT2D eigenvalue weighted by Crippen LogP contribution is -2.29. The van der Waals surface area contributed by atoms with Crippen molar-refractivity contribution in [1.82, 2.24) is 0 Å².